The fraction of sp³-hybridized carbons (Fsp3) is 0.667. The summed E-state index contributed by atoms with van der Waals surface area (Å²) in [6.45, 7) is 5.08. The Morgan fingerprint density at radius 2 is 2.33 bits per heavy atom. The lowest BCUT2D eigenvalue weighted by Gasteiger charge is -2.26. The largest absolute Gasteiger partial charge is 0.409 e. The standard InChI is InChI=1S/C12H21N5O/c1-4-9-6-5-7-17(9)12-10(11(13)15-18)8(2)14-16(12)3/h9,18H,4-7H2,1-3H3,(H2,13,15). The SMILES string of the molecule is CCC1CCCN1c1c(C(N)=NO)c(C)nn1C. The summed E-state index contributed by atoms with van der Waals surface area (Å²) < 4.78 is 1.83. The molecule has 1 atom stereocenters. The highest BCUT2D eigenvalue weighted by Gasteiger charge is 2.29. The number of aryl methyl sites for hydroxylation is 2. The summed E-state index contributed by atoms with van der Waals surface area (Å²) in [5.41, 5.74) is 7.33. The molecule has 18 heavy (non-hydrogen) atoms. The van der Waals surface area contributed by atoms with Crippen LogP contribution in [-0.4, -0.2) is 33.4 Å². The molecule has 6 heteroatoms. The van der Waals surface area contributed by atoms with Crippen LogP contribution in [-0.2, 0) is 7.05 Å². The molecule has 100 valence electrons. The van der Waals surface area contributed by atoms with Crippen LogP contribution in [0.3, 0.4) is 0 Å². The second-order valence-electron chi connectivity index (χ2n) is 4.79. The molecule has 1 aromatic heterocycles. The van der Waals surface area contributed by atoms with E-state index in [9.17, 15) is 0 Å². The molecule has 0 bridgehead atoms. The van der Waals surface area contributed by atoms with Crippen LogP contribution in [0, 0.1) is 6.92 Å². The number of aromatic nitrogens is 2. The smallest absolute Gasteiger partial charge is 0.175 e. The minimum atomic E-state index is 0.136. The minimum absolute atomic E-state index is 0.136. The van der Waals surface area contributed by atoms with E-state index in [2.05, 4.69) is 22.1 Å². The second-order valence-corrected chi connectivity index (χ2v) is 4.79. The summed E-state index contributed by atoms with van der Waals surface area (Å²) in [4.78, 5) is 2.33. The van der Waals surface area contributed by atoms with E-state index in [0.29, 0.717) is 6.04 Å². The van der Waals surface area contributed by atoms with E-state index in [-0.39, 0.29) is 5.84 Å². The van der Waals surface area contributed by atoms with Gasteiger partial charge in [0.15, 0.2) is 5.84 Å². The summed E-state index contributed by atoms with van der Waals surface area (Å²) >= 11 is 0. The highest BCUT2D eigenvalue weighted by atomic mass is 16.4. The molecular formula is C12H21N5O. The molecule has 0 saturated carbocycles. The van der Waals surface area contributed by atoms with Crippen molar-refractivity contribution in [1.82, 2.24) is 9.78 Å². The normalized spacial score (nSPS) is 20.7. The minimum Gasteiger partial charge on any atom is -0.409 e. The van der Waals surface area contributed by atoms with Gasteiger partial charge in [-0.3, -0.25) is 4.68 Å². The molecule has 2 heterocycles. The van der Waals surface area contributed by atoms with Gasteiger partial charge in [0.2, 0.25) is 0 Å². The topological polar surface area (TPSA) is 79.7 Å². The van der Waals surface area contributed by atoms with Crippen LogP contribution < -0.4 is 10.6 Å². The fourth-order valence-corrected chi connectivity index (χ4v) is 2.86. The number of hydrogen-bond acceptors (Lipinski definition) is 4. The first-order chi connectivity index (χ1) is 8.60. The maximum absolute atomic E-state index is 8.92. The molecule has 1 aliphatic rings. The molecule has 0 aromatic carbocycles. The Balaban J connectivity index is 2.49. The van der Waals surface area contributed by atoms with Crippen molar-refractivity contribution in [2.24, 2.45) is 17.9 Å². The predicted molar refractivity (Wildman–Crippen MR) is 71.1 cm³/mol. The van der Waals surface area contributed by atoms with E-state index in [1.165, 1.54) is 12.8 Å². The van der Waals surface area contributed by atoms with Crippen LogP contribution in [0.2, 0.25) is 0 Å². The first-order valence-corrected chi connectivity index (χ1v) is 6.38. The maximum Gasteiger partial charge on any atom is 0.175 e. The molecule has 0 amide bonds. The third-order valence-corrected chi connectivity index (χ3v) is 3.68. The first kappa shape index (κ1) is 12.7. The molecule has 1 aromatic rings. The van der Waals surface area contributed by atoms with Gasteiger partial charge in [-0.2, -0.15) is 5.10 Å². The van der Waals surface area contributed by atoms with Crippen molar-refractivity contribution in [3.8, 4) is 0 Å². The quantitative estimate of drug-likeness (QED) is 0.366. The number of amidine groups is 1. The van der Waals surface area contributed by atoms with Gasteiger partial charge in [-0.15, -0.1) is 0 Å². The third-order valence-electron chi connectivity index (χ3n) is 3.68. The van der Waals surface area contributed by atoms with Gasteiger partial charge in [0.1, 0.15) is 5.82 Å². The van der Waals surface area contributed by atoms with E-state index < -0.39 is 0 Å². The first-order valence-electron chi connectivity index (χ1n) is 6.38. The van der Waals surface area contributed by atoms with E-state index in [4.69, 9.17) is 10.9 Å². The van der Waals surface area contributed by atoms with Crippen LogP contribution in [0.1, 0.15) is 37.4 Å². The molecule has 3 N–H and O–H groups in total. The van der Waals surface area contributed by atoms with Gasteiger partial charge in [0.05, 0.1) is 11.3 Å². The average molecular weight is 251 g/mol. The number of nitrogens with two attached hydrogens (primary N) is 1. The Labute approximate surface area is 107 Å². The molecule has 1 saturated heterocycles. The molecule has 6 nitrogen and oxygen atoms in total. The predicted octanol–water partition coefficient (Wildman–Crippen LogP) is 1.20. The van der Waals surface area contributed by atoms with Gasteiger partial charge < -0.3 is 15.8 Å². The molecular weight excluding hydrogens is 230 g/mol. The van der Waals surface area contributed by atoms with Gasteiger partial charge in [0, 0.05) is 19.6 Å². The Morgan fingerprint density at radius 3 is 2.94 bits per heavy atom. The van der Waals surface area contributed by atoms with Crippen LogP contribution in [0.4, 0.5) is 5.82 Å². The van der Waals surface area contributed by atoms with Crippen molar-refractivity contribution in [3.05, 3.63) is 11.3 Å². The Morgan fingerprint density at radius 1 is 1.61 bits per heavy atom. The van der Waals surface area contributed by atoms with E-state index in [0.717, 1.165) is 30.0 Å². The molecule has 0 spiro atoms. The zero-order valence-electron chi connectivity index (χ0n) is 11.2. The number of rotatable bonds is 3. The maximum atomic E-state index is 8.92. The van der Waals surface area contributed by atoms with Gasteiger partial charge in [0.25, 0.3) is 0 Å². The second kappa shape index (κ2) is 4.88. The Kier molecular flexibility index (Phi) is 3.45. The zero-order valence-corrected chi connectivity index (χ0v) is 11.2. The van der Waals surface area contributed by atoms with E-state index >= 15 is 0 Å². The number of hydrogen-bond donors (Lipinski definition) is 2. The summed E-state index contributed by atoms with van der Waals surface area (Å²) in [6.07, 6.45) is 3.47. The fourth-order valence-electron chi connectivity index (χ4n) is 2.86. The van der Waals surface area contributed by atoms with Crippen LogP contribution >= 0.6 is 0 Å². The Bertz CT molecular complexity index is 465. The van der Waals surface area contributed by atoms with Crippen LogP contribution in [0.5, 0.6) is 0 Å². The van der Waals surface area contributed by atoms with Crippen molar-refractivity contribution in [2.75, 3.05) is 11.4 Å². The molecule has 0 aliphatic carbocycles. The summed E-state index contributed by atoms with van der Waals surface area (Å²) in [5, 5.41) is 16.4. The summed E-state index contributed by atoms with van der Waals surface area (Å²) in [7, 11) is 1.90. The van der Waals surface area contributed by atoms with E-state index in [1.54, 1.807) is 0 Å². The molecule has 0 radical (unpaired) electrons. The van der Waals surface area contributed by atoms with Gasteiger partial charge in [-0.25, -0.2) is 0 Å². The molecule has 2 rings (SSSR count). The van der Waals surface area contributed by atoms with Crippen molar-refractivity contribution >= 4 is 11.7 Å². The number of oxime groups is 1. The molecule has 1 unspecified atom stereocenters. The molecule has 1 fully saturated rings. The third kappa shape index (κ3) is 1.91. The lowest BCUT2D eigenvalue weighted by molar-refractivity contribution is 0.318. The van der Waals surface area contributed by atoms with Gasteiger partial charge in [-0.05, 0) is 26.2 Å². The zero-order chi connectivity index (χ0) is 13.3. The molecule has 1 aliphatic heterocycles. The van der Waals surface area contributed by atoms with Crippen LogP contribution in [0.25, 0.3) is 0 Å². The van der Waals surface area contributed by atoms with Gasteiger partial charge >= 0.3 is 0 Å². The lowest BCUT2D eigenvalue weighted by Crippen LogP contribution is -2.32. The van der Waals surface area contributed by atoms with Crippen LogP contribution in [0.15, 0.2) is 5.16 Å². The highest BCUT2D eigenvalue weighted by molar-refractivity contribution is 6.02. The van der Waals surface area contributed by atoms with Crippen molar-refractivity contribution in [3.63, 3.8) is 0 Å². The van der Waals surface area contributed by atoms with Crippen molar-refractivity contribution in [1.29, 1.82) is 0 Å². The lowest BCUT2D eigenvalue weighted by atomic mass is 10.1. The number of nitrogens with zero attached hydrogens (tertiary/aromatic N) is 4. The summed E-state index contributed by atoms with van der Waals surface area (Å²) in [6, 6.07) is 0.519. The van der Waals surface area contributed by atoms with Crippen molar-refractivity contribution in [2.45, 2.75) is 39.2 Å². The van der Waals surface area contributed by atoms with E-state index in [1.807, 2.05) is 18.7 Å². The highest BCUT2D eigenvalue weighted by Crippen LogP contribution is 2.31. The number of anilines is 1. The average Bonchev–Trinajstić information content (AvgIpc) is 2.91. The summed E-state index contributed by atoms with van der Waals surface area (Å²) in [5.74, 6) is 1.10. The van der Waals surface area contributed by atoms with Gasteiger partial charge in [-0.1, -0.05) is 12.1 Å². The monoisotopic (exact) mass is 251 g/mol. The Hall–Kier alpha value is -1.72. The van der Waals surface area contributed by atoms with Crippen molar-refractivity contribution < 1.29 is 5.21 Å².